The Labute approximate surface area is 142 Å². The van der Waals surface area contributed by atoms with Gasteiger partial charge < -0.3 is 5.32 Å². The zero-order valence-corrected chi connectivity index (χ0v) is 13.8. The molecule has 1 aromatic carbocycles. The van der Waals surface area contributed by atoms with Gasteiger partial charge in [-0.15, -0.1) is 0 Å². The molecule has 8 nitrogen and oxygen atoms in total. The molecule has 0 atom stereocenters. The van der Waals surface area contributed by atoms with Gasteiger partial charge >= 0.3 is 0 Å². The summed E-state index contributed by atoms with van der Waals surface area (Å²) < 4.78 is 1.16. The molecule has 0 aliphatic heterocycles. The van der Waals surface area contributed by atoms with Gasteiger partial charge in [-0.25, -0.2) is 4.98 Å². The van der Waals surface area contributed by atoms with Crippen molar-refractivity contribution in [2.75, 3.05) is 5.32 Å². The first kappa shape index (κ1) is 17.6. The topological polar surface area (TPSA) is 107 Å². The predicted octanol–water partition coefficient (Wildman–Crippen LogP) is 2.57. The lowest BCUT2D eigenvalue weighted by atomic mass is 10.1. The Hall–Kier alpha value is -2.74. The minimum absolute atomic E-state index is 0.0253. The van der Waals surface area contributed by atoms with Crippen LogP contribution in [-0.4, -0.2) is 20.4 Å². The summed E-state index contributed by atoms with van der Waals surface area (Å²) in [4.78, 5) is 38.3. The van der Waals surface area contributed by atoms with Gasteiger partial charge in [-0.3, -0.25) is 24.3 Å². The molecule has 1 N–H and O–H groups in total. The Morgan fingerprint density at radius 1 is 1.42 bits per heavy atom. The quantitative estimate of drug-likeness (QED) is 0.658. The van der Waals surface area contributed by atoms with Crippen molar-refractivity contribution < 1.29 is 9.72 Å². The second-order valence-corrected chi connectivity index (χ2v) is 5.81. The lowest BCUT2D eigenvalue weighted by molar-refractivity contribution is -0.384. The number of amides is 1. The molecular formula is C15H15ClN4O4. The maximum Gasteiger partial charge on any atom is 0.289 e. The highest BCUT2D eigenvalue weighted by atomic mass is 35.5. The van der Waals surface area contributed by atoms with Crippen molar-refractivity contribution in [1.29, 1.82) is 0 Å². The monoisotopic (exact) mass is 350 g/mol. The van der Waals surface area contributed by atoms with Crippen molar-refractivity contribution in [3.63, 3.8) is 0 Å². The third-order valence-electron chi connectivity index (χ3n) is 3.23. The standard InChI is InChI=1S/C15H15ClN4O4/c1-9(2)12-6-15(22)19(8-17-12)7-14(21)18-10-3-4-11(16)13(5-10)20(23)24/h3-6,8-9H,7H2,1-2H3,(H,18,21). The number of halogens is 1. The van der Waals surface area contributed by atoms with E-state index in [1.165, 1.54) is 24.5 Å². The van der Waals surface area contributed by atoms with Crippen LogP contribution in [0.25, 0.3) is 0 Å². The van der Waals surface area contributed by atoms with Gasteiger partial charge in [0.2, 0.25) is 5.91 Å². The van der Waals surface area contributed by atoms with E-state index in [4.69, 9.17) is 11.6 Å². The highest BCUT2D eigenvalue weighted by Gasteiger charge is 2.14. The molecule has 1 aromatic heterocycles. The Morgan fingerprint density at radius 2 is 2.12 bits per heavy atom. The average molecular weight is 351 g/mol. The lowest BCUT2D eigenvalue weighted by Gasteiger charge is -2.09. The van der Waals surface area contributed by atoms with Gasteiger partial charge in [-0.2, -0.15) is 0 Å². The molecule has 9 heteroatoms. The molecule has 0 bridgehead atoms. The van der Waals surface area contributed by atoms with Gasteiger partial charge in [0.1, 0.15) is 11.6 Å². The van der Waals surface area contributed by atoms with E-state index in [2.05, 4.69) is 10.3 Å². The number of nitrogens with zero attached hydrogens (tertiary/aromatic N) is 3. The Morgan fingerprint density at radius 3 is 2.71 bits per heavy atom. The van der Waals surface area contributed by atoms with Crippen molar-refractivity contribution in [2.24, 2.45) is 0 Å². The van der Waals surface area contributed by atoms with Crippen molar-refractivity contribution in [2.45, 2.75) is 26.3 Å². The van der Waals surface area contributed by atoms with Crippen LogP contribution in [0.2, 0.25) is 5.02 Å². The van der Waals surface area contributed by atoms with Gasteiger partial charge in [0.15, 0.2) is 0 Å². The molecule has 24 heavy (non-hydrogen) atoms. The van der Waals surface area contributed by atoms with Gasteiger partial charge in [0.25, 0.3) is 11.2 Å². The highest BCUT2D eigenvalue weighted by molar-refractivity contribution is 6.32. The average Bonchev–Trinajstić information content (AvgIpc) is 2.50. The van der Waals surface area contributed by atoms with Crippen LogP contribution in [0.5, 0.6) is 0 Å². The largest absolute Gasteiger partial charge is 0.324 e. The van der Waals surface area contributed by atoms with Gasteiger partial charge in [0.05, 0.1) is 16.9 Å². The van der Waals surface area contributed by atoms with E-state index in [1.54, 1.807) is 0 Å². The van der Waals surface area contributed by atoms with Gasteiger partial charge in [-0.1, -0.05) is 25.4 Å². The zero-order chi connectivity index (χ0) is 17.9. The molecule has 126 valence electrons. The summed E-state index contributed by atoms with van der Waals surface area (Å²) in [6.07, 6.45) is 1.31. The second-order valence-electron chi connectivity index (χ2n) is 5.41. The minimum atomic E-state index is -0.642. The molecule has 0 saturated heterocycles. The van der Waals surface area contributed by atoms with E-state index >= 15 is 0 Å². The van der Waals surface area contributed by atoms with Crippen LogP contribution < -0.4 is 10.9 Å². The number of nitro benzene ring substituents is 1. The van der Waals surface area contributed by atoms with Crippen LogP contribution in [0.3, 0.4) is 0 Å². The number of carbonyl (C=O) groups is 1. The first-order chi connectivity index (χ1) is 11.3. The fraction of sp³-hybridized carbons (Fsp3) is 0.267. The van der Waals surface area contributed by atoms with Gasteiger partial charge in [-0.05, 0) is 18.1 Å². The van der Waals surface area contributed by atoms with Crippen molar-refractivity contribution in [1.82, 2.24) is 9.55 Å². The Kier molecular flexibility index (Phi) is 5.30. The van der Waals surface area contributed by atoms with E-state index in [-0.39, 0.29) is 34.4 Å². The van der Waals surface area contributed by atoms with E-state index in [9.17, 15) is 19.7 Å². The van der Waals surface area contributed by atoms with E-state index in [0.29, 0.717) is 5.69 Å². The maximum absolute atomic E-state index is 12.0. The summed E-state index contributed by atoms with van der Waals surface area (Å²) >= 11 is 5.71. The SMILES string of the molecule is CC(C)c1cc(=O)n(CC(=O)Nc2ccc(Cl)c([N+](=O)[O-])c2)cn1. The fourth-order valence-electron chi connectivity index (χ4n) is 1.96. The molecule has 1 amide bonds. The first-order valence-corrected chi connectivity index (χ1v) is 7.46. The fourth-order valence-corrected chi connectivity index (χ4v) is 2.15. The molecule has 1 heterocycles. The molecule has 0 saturated carbocycles. The molecule has 2 aromatic rings. The number of hydrogen-bond acceptors (Lipinski definition) is 5. The van der Waals surface area contributed by atoms with Crippen LogP contribution >= 0.6 is 11.6 Å². The number of rotatable bonds is 5. The summed E-state index contributed by atoms with van der Waals surface area (Å²) in [5.74, 6) is -0.399. The number of nitro groups is 1. The van der Waals surface area contributed by atoms with E-state index in [1.807, 2.05) is 13.8 Å². The van der Waals surface area contributed by atoms with Crippen LogP contribution in [-0.2, 0) is 11.3 Å². The summed E-state index contributed by atoms with van der Waals surface area (Å²) in [5, 5.41) is 13.3. The molecule has 0 unspecified atom stereocenters. The summed E-state index contributed by atoms with van der Waals surface area (Å²) in [5.41, 5.74) is 0.210. The van der Waals surface area contributed by atoms with Crippen molar-refractivity contribution in [3.8, 4) is 0 Å². The van der Waals surface area contributed by atoms with E-state index in [0.717, 1.165) is 10.6 Å². The number of aromatic nitrogens is 2. The van der Waals surface area contributed by atoms with Crippen LogP contribution in [0, 0.1) is 10.1 Å². The molecule has 0 spiro atoms. The van der Waals surface area contributed by atoms with Crippen molar-refractivity contribution in [3.05, 3.63) is 61.8 Å². The summed E-state index contributed by atoms with van der Waals surface area (Å²) in [6, 6.07) is 5.30. The smallest absolute Gasteiger partial charge is 0.289 e. The zero-order valence-electron chi connectivity index (χ0n) is 13.0. The second kappa shape index (κ2) is 7.22. The minimum Gasteiger partial charge on any atom is -0.324 e. The maximum atomic E-state index is 12.0. The van der Waals surface area contributed by atoms with E-state index < -0.39 is 10.8 Å². The number of nitrogens with one attached hydrogen (secondary N) is 1. The highest BCUT2D eigenvalue weighted by Crippen LogP contribution is 2.27. The third kappa shape index (κ3) is 4.17. The number of hydrogen-bond donors (Lipinski definition) is 1. The van der Waals surface area contributed by atoms with Crippen LogP contribution in [0.15, 0.2) is 35.4 Å². The lowest BCUT2D eigenvalue weighted by Crippen LogP contribution is -2.28. The van der Waals surface area contributed by atoms with Crippen LogP contribution in [0.1, 0.15) is 25.5 Å². The molecule has 0 aliphatic rings. The molecule has 0 radical (unpaired) electrons. The Balaban J connectivity index is 2.13. The number of benzene rings is 1. The third-order valence-corrected chi connectivity index (χ3v) is 3.55. The molecule has 0 aliphatic carbocycles. The summed E-state index contributed by atoms with van der Waals surface area (Å²) in [6.45, 7) is 3.57. The first-order valence-electron chi connectivity index (χ1n) is 7.08. The number of carbonyl (C=O) groups excluding carboxylic acids is 1. The number of anilines is 1. The molecular weight excluding hydrogens is 336 g/mol. The van der Waals surface area contributed by atoms with Crippen molar-refractivity contribution >= 4 is 28.9 Å². The van der Waals surface area contributed by atoms with Gasteiger partial charge in [0, 0.05) is 17.8 Å². The Bertz CT molecular complexity index is 848. The normalized spacial score (nSPS) is 10.7. The molecule has 2 rings (SSSR count). The van der Waals surface area contributed by atoms with Crippen LogP contribution in [0.4, 0.5) is 11.4 Å². The predicted molar refractivity (Wildman–Crippen MR) is 89.3 cm³/mol. The molecule has 0 fully saturated rings. The summed E-state index contributed by atoms with van der Waals surface area (Å²) in [7, 11) is 0.